The third-order valence-corrected chi connectivity index (χ3v) is 2.41. The molecular formula is C8H7ClN2O. The highest BCUT2D eigenvalue weighted by Crippen LogP contribution is 2.29. The number of pyridine rings is 1. The van der Waals surface area contributed by atoms with Crippen LogP contribution in [0.1, 0.15) is 11.1 Å². The van der Waals surface area contributed by atoms with Gasteiger partial charge in [0, 0.05) is 11.8 Å². The minimum absolute atomic E-state index is 0.0370. The first-order chi connectivity index (χ1) is 5.68. The molecule has 0 spiro atoms. The minimum Gasteiger partial charge on any atom is -0.310 e. The molecule has 2 rings (SSSR count). The number of aryl methyl sites for hydroxylation is 1. The number of amides is 1. The number of carbonyl (C=O) groups excluding carboxylic acids is 1. The van der Waals surface area contributed by atoms with Crippen molar-refractivity contribution in [3.63, 3.8) is 0 Å². The summed E-state index contributed by atoms with van der Waals surface area (Å²) < 4.78 is 0. The topological polar surface area (TPSA) is 42.0 Å². The van der Waals surface area contributed by atoms with Gasteiger partial charge in [0.2, 0.25) is 5.91 Å². The smallest absolute Gasteiger partial charge is 0.230 e. The number of carbonyl (C=O) groups is 1. The highest BCUT2D eigenvalue weighted by Gasteiger charge is 2.22. The van der Waals surface area contributed by atoms with Crippen LogP contribution in [0.2, 0.25) is 5.02 Å². The molecule has 0 radical (unpaired) electrons. The molecule has 3 nitrogen and oxygen atoms in total. The van der Waals surface area contributed by atoms with Gasteiger partial charge in [-0.2, -0.15) is 0 Å². The van der Waals surface area contributed by atoms with Crippen molar-refractivity contribution < 1.29 is 4.79 Å². The highest BCUT2D eigenvalue weighted by atomic mass is 35.5. The molecule has 0 unspecified atom stereocenters. The van der Waals surface area contributed by atoms with Crippen molar-refractivity contribution in [1.29, 1.82) is 0 Å². The summed E-state index contributed by atoms with van der Waals surface area (Å²) in [5, 5.41) is 3.28. The Bertz CT molecular complexity index is 362. The zero-order chi connectivity index (χ0) is 8.72. The second-order valence-corrected chi connectivity index (χ2v) is 3.19. The minimum atomic E-state index is -0.0370. The third-order valence-electron chi connectivity index (χ3n) is 1.88. The van der Waals surface area contributed by atoms with Crippen LogP contribution in [0.3, 0.4) is 0 Å². The lowest BCUT2D eigenvalue weighted by atomic mass is 10.2. The number of nitrogens with zero attached hydrogens (tertiary/aromatic N) is 1. The number of fused-ring (bicyclic) bond motifs is 1. The first kappa shape index (κ1) is 7.55. The van der Waals surface area contributed by atoms with E-state index in [0.29, 0.717) is 17.3 Å². The molecule has 0 saturated carbocycles. The molecule has 0 aliphatic carbocycles. The Balaban J connectivity index is 2.61. The molecule has 1 aliphatic heterocycles. The van der Waals surface area contributed by atoms with Crippen LogP contribution < -0.4 is 5.32 Å². The fourth-order valence-electron chi connectivity index (χ4n) is 1.24. The number of rotatable bonds is 0. The van der Waals surface area contributed by atoms with Crippen LogP contribution in [0.15, 0.2) is 6.20 Å². The molecule has 1 N–H and O–H groups in total. The molecular weight excluding hydrogens is 176 g/mol. The van der Waals surface area contributed by atoms with Crippen LogP contribution in [-0.2, 0) is 11.2 Å². The fourth-order valence-corrected chi connectivity index (χ4v) is 1.45. The lowest BCUT2D eigenvalue weighted by Crippen LogP contribution is -2.04. The molecule has 1 amide bonds. The highest BCUT2D eigenvalue weighted by molar-refractivity contribution is 6.33. The molecule has 0 fully saturated rings. The average Bonchev–Trinajstić information content (AvgIpc) is 2.39. The van der Waals surface area contributed by atoms with E-state index in [1.807, 2.05) is 6.92 Å². The molecule has 0 atom stereocenters. The molecule has 1 aromatic heterocycles. The fraction of sp³-hybridized carbons (Fsp3) is 0.250. The van der Waals surface area contributed by atoms with Gasteiger partial charge in [-0.15, -0.1) is 0 Å². The van der Waals surface area contributed by atoms with E-state index in [2.05, 4.69) is 10.3 Å². The SMILES string of the molecule is Cc1cnc2c(c1Cl)CC(=O)N2. The summed E-state index contributed by atoms with van der Waals surface area (Å²) in [7, 11) is 0. The molecule has 1 aliphatic rings. The van der Waals surface area contributed by atoms with Gasteiger partial charge >= 0.3 is 0 Å². The second kappa shape index (κ2) is 2.45. The zero-order valence-electron chi connectivity index (χ0n) is 6.52. The van der Waals surface area contributed by atoms with Gasteiger partial charge in [-0.1, -0.05) is 11.6 Å². The lowest BCUT2D eigenvalue weighted by Gasteiger charge is -2.01. The second-order valence-electron chi connectivity index (χ2n) is 2.81. The zero-order valence-corrected chi connectivity index (χ0v) is 7.27. The van der Waals surface area contributed by atoms with Gasteiger partial charge in [0.1, 0.15) is 5.82 Å². The molecule has 1 aromatic rings. The number of hydrogen-bond acceptors (Lipinski definition) is 2. The number of anilines is 1. The van der Waals surface area contributed by atoms with Crippen molar-refractivity contribution in [3.8, 4) is 0 Å². The Kier molecular flexibility index (Phi) is 1.54. The maximum Gasteiger partial charge on any atom is 0.230 e. The Morgan fingerprint density at radius 1 is 1.67 bits per heavy atom. The van der Waals surface area contributed by atoms with Crippen LogP contribution in [0.25, 0.3) is 0 Å². The number of aromatic nitrogens is 1. The summed E-state index contributed by atoms with van der Waals surface area (Å²) in [5.74, 6) is 0.570. The van der Waals surface area contributed by atoms with E-state index in [1.165, 1.54) is 0 Å². The van der Waals surface area contributed by atoms with Gasteiger partial charge in [0.15, 0.2) is 0 Å². The monoisotopic (exact) mass is 182 g/mol. The maximum atomic E-state index is 11.0. The van der Waals surface area contributed by atoms with Crippen molar-refractivity contribution in [2.45, 2.75) is 13.3 Å². The van der Waals surface area contributed by atoms with Gasteiger partial charge in [-0.05, 0) is 12.5 Å². The van der Waals surface area contributed by atoms with E-state index >= 15 is 0 Å². The number of nitrogens with one attached hydrogen (secondary N) is 1. The van der Waals surface area contributed by atoms with Gasteiger partial charge in [0.05, 0.1) is 11.4 Å². The summed E-state index contributed by atoms with van der Waals surface area (Å²) in [6.07, 6.45) is 2.01. The van der Waals surface area contributed by atoms with Crippen LogP contribution in [0, 0.1) is 6.92 Å². The van der Waals surface area contributed by atoms with E-state index in [1.54, 1.807) is 6.20 Å². The third kappa shape index (κ3) is 0.975. The largest absolute Gasteiger partial charge is 0.310 e. The maximum absolute atomic E-state index is 11.0. The summed E-state index contributed by atoms with van der Waals surface area (Å²) >= 11 is 5.97. The van der Waals surface area contributed by atoms with E-state index in [4.69, 9.17) is 11.6 Å². The van der Waals surface area contributed by atoms with Gasteiger partial charge < -0.3 is 5.32 Å². The normalized spacial score (nSPS) is 14.3. The van der Waals surface area contributed by atoms with Gasteiger partial charge in [-0.25, -0.2) is 4.98 Å². The predicted molar refractivity (Wildman–Crippen MR) is 46.3 cm³/mol. The van der Waals surface area contributed by atoms with E-state index in [0.717, 1.165) is 11.1 Å². The summed E-state index contributed by atoms with van der Waals surface area (Å²) in [6, 6.07) is 0. The standard InChI is InChI=1S/C8H7ClN2O/c1-4-3-10-8-5(7(4)9)2-6(12)11-8/h3H,2H2,1H3,(H,10,11,12). The van der Waals surface area contributed by atoms with Crippen LogP contribution >= 0.6 is 11.6 Å². The number of hydrogen-bond donors (Lipinski definition) is 1. The molecule has 0 saturated heterocycles. The van der Waals surface area contributed by atoms with E-state index < -0.39 is 0 Å². The number of halogens is 1. The average molecular weight is 183 g/mol. The quantitative estimate of drug-likeness (QED) is 0.661. The van der Waals surface area contributed by atoms with Crippen LogP contribution in [0.4, 0.5) is 5.82 Å². The Morgan fingerprint density at radius 2 is 2.42 bits per heavy atom. The molecule has 4 heteroatoms. The van der Waals surface area contributed by atoms with Crippen molar-refractivity contribution >= 4 is 23.3 Å². The van der Waals surface area contributed by atoms with Crippen LogP contribution in [0.5, 0.6) is 0 Å². The first-order valence-corrected chi connectivity index (χ1v) is 4.00. The summed E-state index contributed by atoms with van der Waals surface area (Å²) in [5.41, 5.74) is 1.73. The Labute approximate surface area is 74.8 Å². The molecule has 12 heavy (non-hydrogen) atoms. The summed E-state index contributed by atoms with van der Waals surface area (Å²) in [6.45, 7) is 1.87. The van der Waals surface area contributed by atoms with Crippen LogP contribution in [-0.4, -0.2) is 10.9 Å². The predicted octanol–water partition coefficient (Wildman–Crippen LogP) is 1.54. The lowest BCUT2D eigenvalue weighted by molar-refractivity contribution is -0.115. The van der Waals surface area contributed by atoms with Crippen molar-refractivity contribution in [3.05, 3.63) is 22.3 Å². The van der Waals surface area contributed by atoms with Crippen molar-refractivity contribution in [1.82, 2.24) is 4.98 Å². The van der Waals surface area contributed by atoms with Gasteiger partial charge in [-0.3, -0.25) is 4.79 Å². The Morgan fingerprint density at radius 3 is 3.17 bits per heavy atom. The molecule has 2 heterocycles. The Hall–Kier alpha value is -1.09. The molecule has 0 aromatic carbocycles. The van der Waals surface area contributed by atoms with Crippen molar-refractivity contribution in [2.75, 3.05) is 5.32 Å². The van der Waals surface area contributed by atoms with Gasteiger partial charge in [0.25, 0.3) is 0 Å². The molecule has 62 valence electrons. The summed E-state index contributed by atoms with van der Waals surface area (Å²) in [4.78, 5) is 15.0. The first-order valence-electron chi connectivity index (χ1n) is 3.62. The van der Waals surface area contributed by atoms with Crippen molar-refractivity contribution in [2.24, 2.45) is 0 Å². The molecule has 0 bridgehead atoms. The van der Waals surface area contributed by atoms with E-state index in [9.17, 15) is 4.79 Å². The van der Waals surface area contributed by atoms with E-state index in [-0.39, 0.29) is 5.91 Å².